The van der Waals surface area contributed by atoms with Crippen LogP contribution < -0.4 is 26.2 Å². The predicted octanol–water partition coefficient (Wildman–Crippen LogP) is 38.4. The van der Waals surface area contributed by atoms with Gasteiger partial charge >= 0.3 is 0 Å². The van der Waals surface area contributed by atoms with E-state index < -0.39 is 0 Å². The van der Waals surface area contributed by atoms with Crippen molar-refractivity contribution in [2.24, 2.45) is 0 Å². The Hall–Kier alpha value is -16.3. The summed E-state index contributed by atoms with van der Waals surface area (Å²) in [7, 11) is 0. The highest BCUT2D eigenvalue weighted by atomic mass is 127. The van der Waals surface area contributed by atoms with E-state index in [-0.39, 0.29) is 0 Å². The number of benzene rings is 26. The van der Waals surface area contributed by atoms with Crippen molar-refractivity contribution < 1.29 is 13.3 Å². The third-order valence-corrected chi connectivity index (χ3v) is 28.9. The number of nitrogens with zero attached hydrogens (tertiary/aromatic N) is 2. The quantitative estimate of drug-likeness (QED) is 0.0708. The van der Waals surface area contributed by atoms with Gasteiger partial charge < -0.3 is 39.4 Å². The number of furan rings is 3. The number of hydrogen-bond donors (Lipinski definition) is 3. The molecule has 0 aliphatic heterocycles. The molecule has 26 aromatic carbocycles. The van der Waals surface area contributed by atoms with E-state index in [9.17, 15) is 0 Å². The molecule has 0 saturated heterocycles. The van der Waals surface area contributed by atoms with Crippen LogP contribution in [0.2, 0.25) is 0 Å². The molecule has 29 rings (SSSR count). The van der Waals surface area contributed by atoms with Crippen LogP contribution in [0.25, 0.3) is 195 Å². The van der Waals surface area contributed by atoms with Crippen LogP contribution in [-0.4, -0.2) is 0 Å². The largest absolute Gasteiger partial charge is 0.455 e. The minimum absolute atomic E-state index is 0.822. The Morgan fingerprint density at radius 1 is 0.212 bits per heavy atom. The summed E-state index contributed by atoms with van der Waals surface area (Å²) in [6.45, 7) is 0. The number of anilines is 11. The van der Waals surface area contributed by atoms with Gasteiger partial charge in [0.2, 0.25) is 0 Å². The lowest BCUT2D eigenvalue weighted by molar-refractivity contribution is 0.667. The Balaban J connectivity index is 0.000000111. The van der Waals surface area contributed by atoms with Gasteiger partial charge in [-0.1, -0.05) is 359 Å². The number of nitrogens with two attached hydrogens (primary N) is 1. The molecule has 3 heterocycles. The molecular weight excluding hydrogens is 1920 g/mol. The SMILES string of the molecule is Brc1ccc2ccc3c(Br)ccc4ccc1c2c43.Ic1cc2ccccc2c2c1oc1ccccc12.Nc1ccccc1.c1ccc(N(c2ccc3ccc4c(N(c5ccccc5)c5cc6ccccc6c6c5oc5ccccc56)ccc5ccc2c3c54)c2cc3ccccc3c3c2oc2ccccc23)cc1.c1ccc(Nc2ccc3ccc4c(Nc5ccccc5)ccc5ccc2c3c54)cc1. The molecule has 3 aromatic heterocycles. The summed E-state index contributed by atoms with van der Waals surface area (Å²) in [6, 6.07) is 163. The van der Waals surface area contributed by atoms with Crippen molar-refractivity contribution in [3.8, 4) is 0 Å². The zero-order chi connectivity index (χ0) is 91.3. The van der Waals surface area contributed by atoms with Gasteiger partial charge in [0.05, 0.1) is 26.3 Å². The summed E-state index contributed by atoms with van der Waals surface area (Å²) in [6.07, 6.45) is 0. The second kappa shape index (κ2) is 34.6. The molecule has 0 amide bonds. The third kappa shape index (κ3) is 14.5. The number of nitrogen functional groups attached to an aromatic ring is 1. The monoisotopic (exact) mass is 2000 g/mol. The first kappa shape index (κ1) is 82.6. The van der Waals surface area contributed by atoms with Crippen molar-refractivity contribution in [1.82, 2.24) is 0 Å². The molecule has 0 aliphatic carbocycles. The Labute approximate surface area is 818 Å². The fraction of sp³-hybridized carbons (Fsp3) is 0. The minimum atomic E-state index is 0.822. The van der Waals surface area contributed by atoms with Crippen molar-refractivity contribution in [2.45, 2.75) is 0 Å². The van der Waals surface area contributed by atoms with Crippen LogP contribution in [0, 0.1) is 3.57 Å². The van der Waals surface area contributed by atoms with Gasteiger partial charge in [0, 0.05) is 103 Å². The molecule has 0 atom stereocenters. The number of hydrogen-bond acceptors (Lipinski definition) is 8. The molecule has 11 heteroatoms. The molecule has 0 radical (unpaired) electrons. The Morgan fingerprint density at radius 3 is 0.869 bits per heavy atom. The van der Waals surface area contributed by atoms with Crippen molar-refractivity contribution in [2.75, 3.05) is 26.2 Å². The van der Waals surface area contributed by atoms with Gasteiger partial charge in [-0.05, 0) is 264 Å². The van der Waals surface area contributed by atoms with Crippen molar-refractivity contribution >= 4 is 312 Å². The number of rotatable bonds is 10. The maximum Gasteiger partial charge on any atom is 0.160 e. The van der Waals surface area contributed by atoms with Crippen molar-refractivity contribution in [1.29, 1.82) is 0 Å². The summed E-state index contributed by atoms with van der Waals surface area (Å²) in [5.74, 6) is 0. The summed E-state index contributed by atoms with van der Waals surface area (Å²) in [5.41, 5.74) is 22.3. The number of para-hydroxylation sites is 8. The highest BCUT2D eigenvalue weighted by Gasteiger charge is 2.29. The van der Waals surface area contributed by atoms with Crippen LogP contribution >= 0.6 is 54.5 Å². The van der Waals surface area contributed by atoms with Gasteiger partial charge in [-0.2, -0.15) is 0 Å². The van der Waals surface area contributed by atoms with E-state index in [1.54, 1.807) is 0 Å². The Bertz CT molecular complexity index is 9240. The van der Waals surface area contributed by atoms with Gasteiger partial charge in [-0.25, -0.2) is 0 Å². The molecule has 0 saturated carbocycles. The molecule has 0 spiro atoms. The topological polar surface area (TPSA) is 96.0 Å². The molecular formula is C126H80Br2IN5O3. The second-order valence-electron chi connectivity index (χ2n) is 34.7. The van der Waals surface area contributed by atoms with E-state index in [1.807, 2.05) is 54.6 Å². The smallest absolute Gasteiger partial charge is 0.160 e. The first-order chi connectivity index (χ1) is 67.6. The fourth-order valence-corrected chi connectivity index (χ4v) is 22.3. The first-order valence-electron chi connectivity index (χ1n) is 45.8. The highest BCUT2D eigenvalue weighted by molar-refractivity contribution is 14.1. The van der Waals surface area contributed by atoms with Crippen LogP contribution in [0.15, 0.2) is 483 Å². The zero-order valence-electron chi connectivity index (χ0n) is 73.7. The maximum atomic E-state index is 6.89. The normalized spacial score (nSPS) is 11.6. The summed E-state index contributed by atoms with van der Waals surface area (Å²) >= 11 is 9.64. The molecule has 4 N–H and O–H groups in total. The molecule has 8 nitrogen and oxygen atoms in total. The molecule has 0 fully saturated rings. The first-order valence-corrected chi connectivity index (χ1v) is 48.5. The average Bonchev–Trinajstić information content (AvgIpc) is 1.42. The van der Waals surface area contributed by atoms with Gasteiger partial charge in [-0.15, -0.1) is 0 Å². The van der Waals surface area contributed by atoms with Gasteiger partial charge in [0.25, 0.3) is 0 Å². The third-order valence-electron chi connectivity index (χ3n) is 26.8. The van der Waals surface area contributed by atoms with E-state index in [0.29, 0.717) is 0 Å². The van der Waals surface area contributed by atoms with E-state index in [1.165, 1.54) is 118 Å². The number of fused-ring (bicyclic) bond motifs is 15. The van der Waals surface area contributed by atoms with Crippen molar-refractivity contribution in [3.05, 3.63) is 474 Å². The highest BCUT2D eigenvalue weighted by Crippen LogP contribution is 2.54. The summed E-state index contributed by atoms with van der Waals surface area (Å²) in [5, 5.41) is 43.9. The summed E-state index contributed by atoms with van der Waals surface area (Å²) < 4.78 is 23.2. The van der Waals surface area contributed by atoms with Crippen LogP contribution in [0.5, 0.6) is 0 Å². The van der Waals surface area contributed by atoms with Crippen molar-refractivity contribution in [3.63, 3.8) is 0 Å². The second-order valence-corrected chi connectivity index (χ2v) is 37.6. The lowest BCUT2D eigenvalue weighted by Gasteiger charge is -2.29. The fourth-order valence-electron chi connectivity index (χ4n) is 20.7. The molecule has 0 bridgehead atoms. The maximum absolute atomic E-state index is 6.89. The Morgan fingerprint density at radius 2 is 0.489 bits per heavy atom. The molecule has 137 heavy (non-hydrogen) atoms. The minimum Gasteiger partial charge on any atom is -0.455 e. The van der Waals surface area contributed by atoms with E-state index in [2.05, 4.69) is 481 Å². The van der Waals surface area contributed by atoms with Gasteiger partial charge in [0.1, 0.15) is 22.3 Å². The van der Waals surface area contributed by atoms with Gasteiger partial charge in [-0.3, -0.25) is 0 Å². The van der Waals surface area contributed by atoms with Crippen LogP contribution in [0.4, 0.5) is 62.6 Å². The standard InChI is InChI=1S/C60H36N2O2.C28H20N2.C16H8Br2.C16H9IO.C6H7N/c1-3-17-41(18-4-1)61(51-35-39-15-7-9-21-43(39)57-47-23-11-13-25-53(47)63-59(51)57)49-33-29-37-28-32-46-50(34-30-38-27-31-45(49)55(37)56(38)46)62(42-19-5-2-6-20-42)52-36-40-16-8-10-22-44(40)58-48-24-12-14-26-54(48)64-60(52)58;1-3-7-21(8-4-1)29-25-17-13-19-12-16-24-26(30-22-9-5-2-6-10-22)18-14-20-11-15-23(25)27(19)28(20)24;17-13-8-4-10-2-6-12-14(18)7-3-9-1-5-11(13)16(10)15(9)12;17-13-9-10-5-1-2-6-11(10)15-12-7-3-4-8-14(12)18-16(13)15;7-6-4-2-1-3-5-6/h1-36H;1-18,29-30H;1-8H;1-9H;1-5H,7H2. The summed E-state index contributed by atoms with van der Waals surface area (Å²) in [4.78, 5) is 4.79. The number of halogens is 3. The van der Waals surface area contributed by atoms with Crippen LogP contribution in [0.1, 0.15) is 0 Å². The molecule has 648 valence electrons. The number of nitrogens with one attached hydrogen (secondary N) is 2. The zero-order valence-corrected chi connectivity index (χ0v) is 79.0. The average molecular weight is 2000 g/mol. The Kier molecular flexibility index (Phi) is 20.9. The van der Waals surface area contributed by atoms with E-state index >= 15 is 0 Å². The van der Waals surface area contributed by atoms with Crippen LogP contribution in [-0.2, 0) is 0 Å². The molecule has 0 unspecified atom stereocenters. The molecule has 0 aliphatic rings. The van der Waals surface area contributed by atoms with Gasteiger partial charge in [0.15, 0.2) is 11.2 Å². The van der Waals surface area contributed by atoms with E-state index in [4.69, 9.17) is 19.0 Å². The lowest BCUT2D eigenvalue weighted by atomic mass is 9.91. The van der Waals surface area contributed by atoms with E-state index in [0.717, 1.165) is 152 Å². The molecule has 29 aromatic rings. The van der Waals surface area contributed by atoms with Crippen LogP contribution in [0.3, 0.4) is 0 Å². The lowest BCUT2D eigenvalue weighted by Crippen LogP contribution is -2.12. The predicted molar refractivity (Wildman–Crippen MR) is 599 cm³/mol.